The lowest BCUT2D eigenvalue weighted by molar-refractivity contribution is -0.117. The highest BCUT2D eigenvalue weighted by Gasteiger charge is 2.44. The van der Waals surface area contributed by atoms with Crippen LogP contribution in [0.2, 0.25) is 5.02 Å². The van der Waals surface area contributed by atoms with E-state index in [2.05, 4.69) is 0 Å². The summed E-state index contributed by atoms with van der Waals surface area (Å²) in [7, 11) is -1.35. The van der Waals surface area contributed by atoms with Crippen molar-refractivity contribution >= 4 is 24.7 Å². The monoisotopic (exact) mass is 290 g/mol. The van der Waals surface area contributed by atoms with E-state index < -0.39 is 18.5 Å². The third-order valence-electron chi connectivity index (χ3n) is 2.83. The van der Waals surface area contributed by atoms with Gasteiger partial charge in [0.1, 0.15) is 0 Å². The van der Waals surface area contributed by atoms with Gasteiger partial charge in [-0.05, 0) is 31.5 Å². The fraction of sp³-hybridized carbons (Fsp3) is 0.417. The molecule has 0 heterocycles. The zero-order chi connectivity index (χ0) is 14.0. The van der Waals surface area contributed by atoms with E-state index in [1.807, 2.05) is 0 Å². The summed E-state index contributed by atoms with van der Waals surface area (Å²) < 4.78 is 21.6. The molecule has 4 nitrogen and oxygen atoms in total. The van der Waals surface area contributed by atoms with E-state index in [4.69, 9.17) is 20.6 Å². The van der Waals surface area contributed by atoms with Gasteiger partial charge in [-0.3, -0.25) is 9.36 Å². The molecule has 1 aromatic rings. The van der Waals surface area contributed by atoms with Gasteiger partial charge in [-0.25, -0.2) is 0 Å². The summed E-state index contributed by atoms with van der Waals surface area (Å²) in [6, 6.07) is 6.79. The van der Waals surface area contributed by atoms with Crippen molar-refractivity contribution in [1.29, 1.82) is 0 Å². The first-order valence-corrected chi connectivity index (χ1v) is 7.22. The van der Waals surface area contributed by atoms with Crippen molar-refractivity contribution in [2.24, 2.45) is 0 Å². The third-order valence-corrected chi connectivity index (χ3v) is 5.10. The fourth-order valence-electron chi connectivity index (χ4n) is 1.57. The second kappa shape index (κ2) is 5.54. The van der Waals surface area contributed by atoms with Crippen molar-refractivity contribution in [3.63, 3.8) is 0 Å². The van der Waals surface area contributed by atoms with Gasteiger partial charge in [0.05, 0.1) is 5.41 Å². The van der Waals surface area contributed by atoms with Crippen LogP contribution >= 0.6 is 19.2 Å². The predicted molar refractivity (Wildman–Crippen MR) is 71.1 cm³/mol. The van der Waals surface area contributed by atoms with Crippen LogP contribution in [-0.2, 0) is 23.8 Å². The minimum absolute atomic E-state index is 0.573. The van der Waals surface area contributed by atoms with Crippen LogP contribution in [-0.4, -0.2) is 19.7 Å². The first kappa shape index (κ1) is 15.4. The van der Waals surface area contributed by atoms with Crippen LogP contribution in [0.15, 0.2) is 24.3 Å². The fourth-order valence-corrected chi connectivity index (χ4v) is 2.99. The number of benzene rings is 1. The largest absolute Gasteiger partial charge is 0.397 e. The standard InChI is InChI=1S/C12H16ClO4P/c1-12(2,9-5-7-10(13)8-6-9)11(14)18(15,16-3)17-4/h5-8H,1-4H3. The molecule has 0 unspecified atom stereocenters. The molecule has 0 aliphatic carbocycles. The van der Waals surface area contributed by atoms with Crippen molar-refractivity contribution in [2.75, 3.05) is 14.2 Å². The molecule has 100 valence electrons. The van der Waals surface area contributed by atoms with E-state index in [-0.39, 0.29) is 0 Å². The number of rotatable bonds is 5. The van der Waals surface area contributed by atoms with Gasteiger partial charge in [-0.15, -0.1) is 0 Å². The van der Waals surface area contributed by atoms with Gasteiger partial charge < -0.3 is 9.05 Å². The maximum Gasteiger partial charge on any atom is 0.397 e. The van der Waals surface area contributed by atoms with E-state index in [0.29, 0.717) is 10.6 Å². The summed E-state index contributed by atoms with van der Waals surface area (Å²) in [5, 5.41) is 0.573. The highest BCUT2D eigenvalue weighted by atomic mass is 35.5. The average molecular weight is 291 g/mol. The SMILES string of the molecule is COP(=O)(OC)C(=O)C(C)(C)c1ccc(Cl)cc1. The van der Waals surface area contributed by atoms with E-state index in [9.17, 15) is 9.36 Å². The van der Waals surface area contributed by atoms with Gasteiger partial charge >= 0.3 is 7.60 Å². The minimum atomic E-state index is -3.74. The van der Waals surface area contributed by atoms with Gasteiger partial charge in [0.2, 0.25) is 0 Å². The molecule has 0 aliphatic rings. The Labute approximate surface area is 112 Å². The number of carbonyl (C=O) groups is 1. The Hall–Kier alpha value is -0.670. The summed E-state index contributed by atoms with van der Waals surface area (Å²) in [5.41, 5.74) is -0.861. The van der Waals surface area contributed by atoms with Gasteiger partial charge in [0.15, 0.2) is 0 Å². The van der Waals surface area contributed by atoms with Gasteiger partial charge in [0, 0.05) is 19.2 Å². The Bertz CT molecular complexity index is 473. The Balaban J connectivity index is 3.17. The zero-order valence-electron chi connectivity index (χ0n) is 10.8. The van der Waals surface area contributed by atoms with E-state index in [1.54, 1.807) is 38.1 Å². The van der Waals surface area contributed by atoms with Crippen LogP contribution < -0.4 is 0 Å². The molecular formula is C12H16ClO4P. The van der Waals surface area contributed by atoms with Crippen LogP contribution in [0.5, 0.6) is 0 Å². The molecular weight excluding hydrogens is 275 g/mol. The quantitative estimate of drug-likeness (QED) is 0.777. The first-order chi connectivity index (χ1) is 8.28. The molecule has 0 aromatic heterocycles. The number of carbonyl (C=O) groups excluding carboxylic acids is 1. The Morgan fingerprint density at radius 1 is 1.17 bits per heavy atom. The Kier molecular flexibility index (Phi) is 4.73. The number of hydrogen-bond donors (Lipinski definition) is 0. The highest BCUT2D eigenvalue weighted by Crippen LogP contribution is 2.53. The van der Waals surface area contributed by atoms with E-state index in [0.717, 1.165) is 0 Å². The number of halogens is 1. The van der Waals surface area contributed by atoms with Crippen LogP contribution in [0.4, 0.5) is 0 Å². The molecule has 0 amide bonds. The minimum Gasteiger partial charge on any atom is -0.307 e. The second-order valence-corrected chi connectivity index (χ2v) is 6.87. The van der Waals surface area contributed by atoms with Gasteiger partial charge in [-0.2, -0.15) is 0 Å². The van der Waals surface area contributed by atoms with E-state index in [1.165, 1.54) is 14.2 Å². The lowest BCUT2D eigenvalue weighted by Gasteiger charge is -2.26. The first-order valence-electron chi connectivity index (χ1n) is 5.30. The molecule has 0 atom stereocenters. The molecule has 0 saturated heterocycles. The molecule has 0 aliphatic heterocycles. The maximum absolute atomic E-state index is 12.3. The van der Waals surface area contributed by atoms with Crippen molar-refractivity contribution < 1.29 is 18.4 Å². The molecule has 0 bridgehead atoms. The van der Waals surface area contributed by atoms with Crippen molar-refractivity contribution in [3.8, 4) is 0 Å². The van der Waals surface area contributed by atoms with Crippen LogP contribution in [0.25, 0.3) is 0 Å². The predicted octanol–water partition coefficient (Wildman–Crippen LogP) is 3.63. The topological polar surface area (TPSA) is 52.6 Å². The smallest absolute Gasteiger partial charge is 0.307 e. The molecule has 1 rings (SSSR count). The third kappa shape index (κ3) is 2.83. The van der Waals surface area contributed by atoms with Crippen LogP contribution in [0.1, 0.15) is 19.4 Å². The van der Waals surface area contributed by atoms with Crippen LogP contribution in [0, 0.1) is 0 Å². The van der Waals surface area contributed by atoms with Crippen molar-refractivity contribution in [1.82, 2.24) is 0 Å². The van der Waals surface area contributed by atoms with Gasteiger partial charge in [-0.1, -0.05) is 23.7 Å². The second-order valence-electron chi connectivity index (χ2n) is 4.30. The Morgan fingerprint density at radius 2 is 1.61 bits per heavy atom. The lowest BCUT2D eigenvalue weighted by atomic mass is 9.86. The van der Waals surface area contributed by atoms with Crippen molar-refractivity contribution in [2.45, 2.75) is 19.3 Å². The molecule has 0 radical (unpaired) electrons. The summed E-state index contributed by atoms with van der Waals surface area (Å²) >= 11 is 5.80. The average Bonchev–Trinajstić information content (AvgIpc) is 2.37. The molecule has 0 fully saturated rings. The molecule has 1 aromatic carbocycles. The molecule has 0 N–H and O–H groups in total. The lowest BCUT2D eigenvalue weighted by Crippen LogP contribution is -2.29. The summed E-state index contributed by atoms with van der Waals surface area (Å²) in [6.45, 7) is 3.34. The van der Waals surface area contributed by atoms with E-state index >= 15 is 0 Å². The maximum atomic E-state index is 12.3. The summed E-state index contributed by atoms with van der Waals surface area (Å²) in [6.07, 6.45) is 0. The van der Waals surface area contributed by atoms with Crippen molar-refractivity contribution in [3.05, 3.63) is 34.9 Å². The zero-order valence-corrected chi connectivity index (χ0v) is 12.4. The summed E-state index contributed by atoms with van der Waals surface area (Å²) in [5.74, 6) is 0. The van der Waals surface area contributed by atoms with Gasteiger partial charge in [0.25, 0.3) is 5.52 Å². The Morgan fingerprint density at radius 3 is 2.00 bits per heavy atom. The molecule has 6 heteroatoms. The molecule has 0 saturated carbocycles. The summed E-state index contributed by atoms with van der Waals surface area (Å²) in [4.78, 5) is 12.3. The normalized spacial score (nSPS) is 12.5. The molecule has 18 heavy (non-hydrogen) atoms. The van der Waals surface area contributed by atoms with Crippen LogP contribution in [0.3, 0.4) is 0 Å². The highest BCUT2D eigenvalue weighted by molar-refractivity contribution is 7.72. The molecule has 0 spiro atoms. The number of hydrogen-bond acceptors (Lipinski definition) is 4.